The van der Waals surface area contributed by atoms with Gasteiger partial charge in [-0.1, -0.05) is 11.6 Å². The first-order valence-electron chi connectivity index (χ1n) is 6.75. The van der Waals surface area contributed by atoms with Crippen LogP contribution in [-0.2, 0) is 0 Å². The monoisotopic (exact) mass is 288 g/mol. The van der Waals surface area contributed by atoms with Crippen molar-refractivity contribution in [2.75, 3.05) is 17.7 Å². The average Bonchev–Trinajstić information content (AvgIpc) is 3.27. The van der Waals surface area contributed by atoms with E-state index in [0.29, 0.717) is 11.9 Å². The third kappa shape index (κ3) is 2.85. The Morgan fingerprint density at radius 1 is 1.20 bits per heavy atom. The number of aryl methyl sites for hydroxylation is 1. The third-order valence-electron chi connectivity index (χ3n) is 3.40. The molecule has 0 amide bonds. The fraction of sp³-hybridized carbons (Fsp3) is 0.333. The number of halogens is 1. The van der Waals surface area contributed by atoms with Crippen LogP contribution in [0.5, 0.6) is 0 Å². The molecule has 1 aromatic heterocycles. The van der Waals surface area contributed by atoms with Crippen molar-refractivity contribution in [3.05, 3.63) is 40.5 Å². The average molecular weight is 289 g/mol. The number of nitrogens with zero attached hydrogens (tertiary/aromatic N) is 2. The van der Waals surface area contributed by atoms with Gasteiger partial charge in [0.25, 0.3) is 0 Å². The minimum atomic E-state index is 0.595. The Bertz CT molecular complexity index is 638. The molecule has 1 heterocycles. The molecule has 3 rings (SSSR count). The van der Waals surface area contributed by atoms with Gasteiger partial charge in [0, 0.05) is 29.7 Å². The summed E-state index contributed by atoms with van der Waals surface area (Å²) in [5.41, 5.74) is 3.13. The smallest absolute Gasteiger partial charge is 0.224 e. The van der Waals surface area contributed by atoms with Crippen molar-refractivity contribution >= 4 is 29.1 Å². The second-order valence-corrected chi connectivity index (χ2v) is 5.52. The molecule has 0 saturated heterocycles. The Morgan fingerprint density at radius 2 is 2.00 bits per heavy atom. The fourth-order valence-corrected chi connectivity index (χ4v) is 2.22. The molecule has 0 atom stereocenters. The van der Waals surface area contributed by atoms with Gasteiger partial charge in [-0.2, -0.15) is 4.98 Å². The summed E-state index contributed by atoms with van der Waals surface area (Å²) in [7, 11) is 1.84. The van der Waals surface area contributed by atoms with Gasteiger partial charge in [-0.05, 0) is 43.5 Å². The molecule has 1 aromatic carbocycles. The number of rotatable bonds is 4. The van der Waals surface area contributed by atoms with E-state index in [4.69, 9.17) is 11.6 Å². The highest BCUT2D eigenvalue weighted by atomic mass is 35.5. The predicted molar refractivity (Wildman–Crippen MR) is 83.0 cm³/mol. The highest BCUT2D eigenvalue weighted by molar-refractivity contribution is 6.31. The number of aromatic nitrogens is 2. The maximum Gasteiger partial charge on any atom is 0.224 e. The Hall–Kier alpha value is -1.81. The van der Waals surface area contributed by atoms with Crippen LogP contribution in [0, 0.1) is 6.92 Å². The van der Waals surface area contributed by atoms with Gasteiger partial charge < -0.3 is 10.6 Å². The van der Waals surface area contributed by atoms with Crippen molar-refractivity contribution in [3.8, 4) is 0 Å². The van der Waals surface area contributed by atoms with E-state index in [2.05, 4.69) is 20.6 Å². The minimum Gasteiger partial charge on any atom is -0.357 e. The highest BCUT2D eigenvalue weighted by Crippen LogP contribution is 2.40. The zero-order valence-corrected chi connectivity index (χ0v) is 12.3. The van der Waals surface area contributed by atoms with Crippen LogP contribution in [0.25, 0.3) is 0 Å². The van der Waals surface area contributed by atoms with E-state index in [9.17, 15) is 0 Å². The number of nitrogens with one attached hydrogen (secondary N) is 2. The molecule has 1 aliphatic carbocycles. The predicted octanol–water partition coefficient (Wildman–Crippen LogP) is 4.10. The molecule has 0 spiro atoms. The van der Waals surface area contributed by atoms with E-state index in [1.54, 1.807) is 0 Å². The van der Waals surface area contributed by atoms with Crippen LogP contribution >= 0.6 is 11.6 Å². The summed E-state index contributed by atoms with van der Waals surface area (Å²) >= 11 is 6.04. The maximum atomic E-state index is 6.04. The SMILES string of the molecule is CNc1nc(Nc2ccc(Cl)c(C)c2)cc(C2CC2)n1. The Kier molecular flexibility index (Phi) is 3.49. The molecule has 2 aromatic rings. The van der Waals surface area contributed by atoms with Crippen molar-refractivity contribution < 1.29 is 0 Å². The molecule has 1 saturated carbocycles. The van der Waals surface area contributed by atoms with Crippen molar-refractivity contribution in [2.24, 2.45) is 0 Å². The van der Waals surface area contributed by atoms with E-state index in [1.165, 1.54) is 12.8 Å². The highest BCUT2D eigenvalue weighted by Gasteiger charge is 2.26. The second kappa shape index (κ2) is 5.29. The summed E-state index contributed by atoms with van der Waals surface area (Å²) < 4.78 is 0. The third-order valence-corrected chi connectivity index (χ3v) is 3.82. The normalized spacial score (nSPS) is 14.2. The Balaban J connectivity index is 1.88. The molecule has 104 valence electrons. The lowest BCUT2D eigenvalue weighted by Crippen LogP contribution is -2.03. The molecule has 2 N–H and O–H groups in total. The maximum absolute atomic E-state index is 6.04. The standard InChI is InChI=1S/C15H17ClN4/c1-9-7-11(5-6-12(9)16)18-14-8-13(10-3-4-10)19-15(17-2)20-14/h5-8,10H,3-4H2,1-2H3,(H2,17,18,19,20). The van der Waals surface area contributed by atoms with Crippen LogP contribution in [0.1, 0.15) is 30.0 Å². The van der Waals surface area contributed by atoms with Crippen LogP contribution in [0.3, 0.4) is 0 Å². The van der Waals surface area contributed by atoms with E-state index >= 15 is 0 Å². The van der Waals surface area contributed by atoms with Gasteiger partial charge in [0.1, 0.15) is 5.82 Å². The molecule has 1 aliphatic rings. The molecule has 1 fully saturated rings. The Morgan fingerprint density at radius 3 is 2.65 bits per heavy atom. The van der Waals surface area contributed by atoms with Crippen molar-refractivity contribution in [1.29, 1.82) is 0 Å². The van der Waals surface area contributed by atoms with Crippen molar-refractivity contribution in [1.82, 2.24) is 9.97 Å². The first kappa shape index (κ1) is 13.2. The summed E-state index contributed by atoms with van der Waals surface area (Å²) in [4.78, 5) is 8.95. The van der Waals surface area contributed by atoms with Crippen LogP contribution < -0.4 is 10.6 Å². The molecule has 4 nitrogen and oxygen atoms in total. The zero-order valence-electron chi connectivity index (χ0n) is 11.6. The van der Waals surface area contributed by atoms with Crippen LogP contribution in [0.2, 0.25) is 5.02 Å². The number of anilines is 3. The number of benzene rings is 1. The van der Waals surface area contributed by atoms with Gasteiger partial charge in [-0.15, -0.1) is 0 Å². The van der Waals surface area contributed by atoms with E-state index in [-0.39, 0.29) is 0 Å². The fourth-order valence-electron chi connectivity index (χ4n) is 2.10. The summed E-state index contributed by atoms with van der Waals surface area (Å²) in [6.07, 6.45) is 2.44. The lowest BCUT2D eigenvalue weighted by Gasteiger charge is -2.10. The minimum absolute atomic E-state index is 0.595. The zero-order chi connectivity index (χ0) is 14.1. The van der Waals surface area contributed by atoms with Gasteiger partial charge in [0.2, 0.25) is 5.95 Å². The molecule has 0 unspecified atom stereocenters. The molecular weight excluding hydrogens is 272 g/mol. The van der Waals surface area contributed by atoms with Crippen LogP contribution in [0.4, 0.5) is 17.5 Å². The molecule has 20 heavy (non-hydrogen) atoms. The van der Waals surface area contributed by atoms with E-state index in [0.717, 1.165) is 27.8 Å². The number of hydrogen-bond acceptors (Lipinski definition) is 4. The largest absolute Gasteiger partial charge is 0.357 e. The molecular formula is C15H17ClN4. The lowest BCUT2D eigenvalue weighted by molar-refractivity contribution is 0.991. The quantitative estimate of drug-likeness (QED) is 0.889. The van der Waals surface area contributed by atoms with Gasteiger partial charge in [0.15, 0.2) is 0 Å². The number of hydrogen-bond donors (Lipinski definition) is 2. The van der Waals surface area contributed by atoms with Gasteiger partial charge in [0.05, 0.1) is 5.69 Å². The molecule has 0 aliphatic heterocycles. The first-order valence-corrected chi connectivity index (χ1v) is 7.13. The van der Waals surface area contributed by atoms with Gasteiger partial charge in [-0.3, -0.25) is 0 Å². The Labute approximate surface area is 123 Å². The topological polar surface area (TPSA) is 49.8 Å². The van der Waals surface area contributed by atoms with E-state index < -0.39 is 0 Å². The molecule has 5 heteroatoms. The van der Waals surface area contributed by atoms with E-state index in [1.807, 2.05) is 38.2 Å². The van der Waals surface area contributed by atoms with Crippen molar-refractivity contribution in [3.63, 3.8) is 0 Å². The summed E-state index contributed by atoms with van der Waals surface area (Å²) in [6, 6.07) is 7.89. The van der Waals surface area contributed by atoms with Crippen LogP contribution in [-0.4, -0.2) is 17.0 Å². The van der Waals surface area contributed by atoms with Gasteiger partial charge in [-0.25, -0.2) is 4.98 Å². The van der Waals surface area contributed by atoms with Crippen molar-refractivity contribution in [2.45, 2.75) is 25.7 Å². The molecule has 0 bridgehead atoms. The van der Waals surface area contributed by atoms with Crippen LogP contribution in [0.15, 0.2) is 24.3 Å². The molecule has 0 radical (unpaired) electrons. The first-order chi connectivity index (χ1) is 9.65. The second-order valence-electron chi connectivity index (χ2n) is 5.11. The summed E-state index contributed by atoms with van der Waals surface area (Å²) in [6.45, 7) is 1.99. The summed E-state index contributed by atoms with van der Waals surface area (Å²) in [5.74, 6) is 2.06. The summed E-state index contributed by atoms with van der Waals surface area (Å²) in [5, 5.41) is 7.10. The van der Waals surface area contributed by atoms with Gasteiger partial charge >= 0.3 is 0 Å². The lowest BCUT2D eigenvalue weighted by atomic mass is 10.2.